The van der Waals surface area contributed by atoms with Gasteiger partial charge in [0.25, 0.3) is 5.91 Å². The first kappa shape index (κ1) is 18.4. The zero-order chi connectivity index (χ0) is 18.5. The lowest BCUT2D eigenvalue weighted by Gasteiger charge is -2.17. The predicted octanol–water partition coefficient (Wildman–Crippen LogP) is 3.87. The first-order chi connectivity index (χ1) is 12.6. The summed E-state index contributed by atoms with van der Waals surface area (Å²) in [5.74, 6) is 0.127. The van der Waals surface area contributed by atoms with E-state index < -0.39 is 6.29 Å². The highest BCUT2D eigenvalue weighted by Gasteiger charge is 2.20. The highest BCUT2D eigenvalue weighted by Crippen LogP contribution is 2.25. The number of benzene rings is 2. The number of likely N-dealkylation sites (tertiary alicyclic amines) is 1. The summed E-state index contributed by atoms with van der Waals surface area (Å²) in [6, 6.07) is 13.3. The zero-order valence-electron chi connectivity index (χ0n) is 15.4. The number of carbonyl (C=O) groups is 1. The number of amides is 1. The lowest BCUT2D eigenvalue weighted by molar-refractivity contribution is -0.0769. The number of aliphatic hydroxyl groups excluding tert-OH is 1. The van der Waals surface area contributed by atoms with Gasteiger partial charge in [-0.05, 0) is 55.2 Å². The topological polar surface area (TPSA) is 61.8 Å². The molecule has 5 heteroatoms. The molecular formula is C21H26N2O3. The zero-order valence-corrected chi connectivity index (χ0v) is 15.4. The van der Waals surface area contributed by atoms with Crippen molar-refractivity contribution in [2.45, 2.75) is 32.5 Å². The summed E-state index contributed by atoms with van der Waals surface area (Å²) in [6.45, 7) is 3.81. The molecule has 2 aromatic rings. The summed E-state index contributed by atoms with van der Waals surface area (Å²) in [7, 11) is 1.47. The molecule has 0 bridgehead atoms. The Balaban J connectivity index is 1.76. The lowest BCUT2D eigenvalue weighted by atomic mass is 10.0. The maximum atomic E-state index is 12.6. The van der Waals surface area contributed by atoms with Gasteiger partial charge in [0.15, 0.2) is 6.29 Å². The van der Waals surface area contributed by atoms with E-state index in [4.69, 9.17) is 4.74 Å². The van der Waals surface area contributed by atoms with Crippen molar-refractivity contribution in [3.8, 4) is 0 Å². The summed E-state index contributed by atoms with van der Waals surface area (Å²) < 4.78 is 4.91. The van der Waals surface area contributed by atoms with Gasteiger partial charge in [-0.15, -0.1) is 0 Å². The van der Waals surface area contributed by atoms with Crippen LogP contribution in [0, 0.1) is 0 Å². The molecule has 1 aliphatic rings. The van der Waals surface area contributed by atoms with Crippen molar-refractivity contribution in [2.75, 3.05) is 25.5 Å². The van der Waals surface area contributed by atoms with Gasteiger partial charge >= 0.3 is 0 Å². The first-order valence-electron chi connectivity index (χ1n) is 9.12. The average molecular weight is 354 g/mol. The van der Waals surface area contributed by atoms with Crippen molar-refractivity contribution >= 4 is 17.3 Å². The molecule has 0 saturated carbocycles. The van der Waals surface area contributed by atoms with Crippen LogP contribution in [-0.4, -0.2) is 36.1 Å². The van der Waals surface area contributed by atoms with Crippen LogP contribution in [0.25, 0.3) is 0 Å². The van der Waals surface area contributed by atoms with Crippen molar-refractivity contribution in [3.63, 3.8) is 0 Å². The van der Waals surface area contributed by atoms with Gasteiger partial charge in [0, 0.05) is 42.7 Å². The Bertz CT molecular complexity index is 752. The van der Waals surface area contributed by atoms with Crippen molar-refractivity contribution in [3.05, 3.63) is 59.2 Å². The molecular weight excluding hydrogens is 328 g/mol. The smallest absolute Gasteiger partial charge is 0.253 e. The standard InChI is InChI=1S/C21H26N2O3/c1-3-15-14-17(20(24)23-12-4-5-13-23)8-11-19(15)22-18-9-6-16(7-10-18)21(25)26-2/h6-11,14,21-22,25H,3-5,12-13H2,1-2H3. The van der Waals surface area contributed by atoms with E-state index in [0.717, 1.165) is 54.9 Å². The average Bonchev–Trinajstić information content (AvgIpc) is 3.22. The molecule has 1 heterocycles. The normalized spacial score (nSPS) is 15.1. The summed E-state index contributed by atoms with van der Waals surface area (Å²) in [5.41, 5.74) is 4.49. The third kappa shape index (κ3) is 4.06. The fourth-order valence-electron chi connectivity index (χ4n) is 3.27. The second-order valence-corrected chi connectivity index (χ2v) is 6.56. The van der Waals surface area contributed by atoms with E-state index in [-0.39, 0.29) is 5.91 Å². The number of aliphatic hydroxyl groups is 1. The molecule has 0 radical (unpaired) electrons. The minimum absolute atomic E-state index is 0.127. The van der Waals surface area contributed by atoms with Crippen molar-refractivity contribution in [1.82, 2.24) is 4.90 Å². The molecule has 1 saturated heterocycles. The summed E-state index contributed by atoms with van der Waals surface area (Å²) >= 11 is 0. The Morgan fingerprint density at radius 1 is 1.19 bits per heavy atom. The number of nitrogens with one attached hydrogen (secondary N) is 1. The van der Waals surface area contributed by atoms with Crippen molar-refractivity contribution in [2.24, 2.45) is 0 Å². The number of nitrogens with zero attached hydrogens (tertiary/aromatic N) is 1. The van der Waals surface area contributed by atoms with Gasteiger partial charge in [-0.3, -0.25) is 4.79 Å². The number of hydrogen-bond acceptors (Lipinski definition) is 4. The van der Waals surface area contributed by atoms with Crippen LogP contribution in [0.4, 0.5) is 11.4 Å². The van der Waals surface area contributed by atoms with Crippen LogP contribution in [0.1, 0.15) is 47.5 Å². The number of aryl methyl sites for hydroxylation is 1. The SMILES string of the molecule is CCc1cc(C(=O)N2CCCC2)ccc1Nc1ccc(C(O)OC)cc1. The third-order valence-electron chi connectivity index (χ3n) is 4.82. The number of rotatable bonds is 6. The van der Waals surface area contributed by atoms with Crippen LogP contribution in [0.5, 0.6) is 0 Å². The Morgan fingerprint density at radius 3 is 2.50 bits per heavy atom. The molecule has 0 aliphatic carbocycles. The van der Waals surface area contributed by atoms with Gasteiger partial charge in [0.2, 0.25) is 0 Å². The van der Waals surface area contributed by atoms with E-state index in [2.05, 4.69) is 12.2 Å². The monoisotopic (exact) mass is 354 g/mol. The van der Waals surface area contributed by atoms with Gasteiger partial charge in [-0.2, -0.15) is 0 Å². The molecule has 26 heavy (non-hydrogen) atoms. The Hall–Kier alpha value is -2.37. The van der Waals surface area contributed by atoms with E-state index in [1.54, 1.807) is 0 Å². The summed E-state index contributed by atoms with van der Waals surface area (Å²) in [4.78, 5) is 14.5. The van der Waals surface area contributed by atoms with E-state index in [1.807, 2.05) is 47.4 Å². The van der Waals surface area contributed by atoms with Gasteiger partial charge < -0.3 is 20.1 Å². The minimum atomic E-state index is -0.911. The number of methoxy groups -OCH3 is 1. The summed E-state index contributed by atoms with van der Waals surface area (Å²) in [5, 5.41) is 13.1. The lowest BCUT2D eigenvalue weighted by Crippen LogP contribution is -2.27. The van der Waals surface area contributed by atoms with Crippen LogP contribution < -0.4 is 5.32 Å². The fraction of sp³-hybridized carbons (Fsp3) is 0.381. The predicted molar refractivity (Wildman–Crippen MR) is 103 cm³/mol. The molecule has 1 atom stereocenters. The molecule has 138 valence electrons. The van der Waals surface area contributed by atoms with Gasteiger partial charge in [-0.25, -0.2) is 0 Å². The number of anilines is 2. The highest BCUT2D eigenvalue weighted by molar-refractivity contribution is 5.95. The van der Waals surface area contributed by atoms with Crippen LogP contribution in [0.2, 0.25) is 0 Å². The molecule has 1 amide bonds. The third-order valence-corrected chi connectivity index (χ3v) is 4.82. The van der Waals surface area contributed by atoms with E-state index in [1.165, 1.54) is 7.11 Å². The maximum absolute atomic E-state index is 12.6. The first-order valence-corrected chi connectivity index (χ1v) is 9.12. The molecule has 1 fully saturated rings. The molecule has 2 aromatic carbocycles. The molecule has 2 N–H and O–H groups in total. The quantitative estimate of drug-likeness (QED) is 0.773. The van der Waals surface area contributed by atoms with Gasteiger partial charge in [0.1, 0.15) is 0 Å². The van der Waals surface area contributed by atoms with E-state index >= 15 is 0 Å². The van der Waals surface area contributed by atoms with Crippen molar-refractivity contribution in [1.29, 1.82) is 0 Å². The molecule has 0 spiro atoms. The second kappa shape index (κ2) is 8.34. The van der Waals surface area contributed by atoms with Gasteiger partial charge in [-0.1, -0.05) is 19.1 Å². The maximum Gasteiger partial charge on any atom is 0.253 e. The number of ether oxygens (including phenoxy) is 1. The van der Waals surface area contributed by atoms with Crippen LogP contribution in [0.3, 0.4) is 0 Å². The van der Waals surface area contributed by atoms with Gasteiger partial charge in [0.05, 0.1) is 0 Å². The van der Waals surface area contributed by atoms with E-state index in [9.17, 15) is 9.90 Å². The molecule has 1 unspecified atom stereocenters. The van der Waals surface area contributed by atoms with E-state index in [0.29, 0.717) is 5.56 Å². The minimum Gasteiger partial charge on any atom is -0.364 e. The summed E-state index contributed by atoms with van der Waals surface area (Å²) in [6.07, 6.45) is 2.12. The Labute approximate surface area is 154 Å². The molecule has 0 aromatic heterocycles. The van der Waals surface area contributed by atoms with Crippen LogP contribution in [-0.2, 0) is 11.2 Å². The number of hydrogen-bond donors (Lipinski definition) is 2. The Morgan fingerprint density at radius 2 is 1.88 bits per heavy atom. The fourth-order valence-corrected chi connectivity index (χ4v) is 3.27. The molecule has 1 aliphatic heterocycles. The second-order valence-electron chi connectivity index (χ2n) is 6.56. The highest BCUT2D eigenvalue weighted by atomic mass is 16.6. The number of carbonyl (C=O) groups excluding carboxylic acids is 1. The van der Waals surface area contributed by atoms with Crippen LogP contribution >= 0.6 is 0 Å². The largest absolute Gasteiger partial charge is 0.364 e. The van der Waals surface area contributed by atoms with Crippen molar-refractivity contribution < 1.29 is 14.6 Å². The molecule has 5 nitrogen and oxygen atoms in total. The Kier molecular flexibility index (Phi) is 5.91. The molecule has 3 rings (SSSR count). The van der Waals surface area contributed by atoms with Crippen LogP contribution in [0.15, 0.2) is 42.5 Å².